The normalized spacial score (nSPS) is 10.2. The Hall–Kier alpha value is -3.80. The quantitative estimate of drug-likeness (QED) is 0.566. The lowest BCUT2D eigenvalue weighted by Crippen LogP contribution is -2.44. The molecule has 0 fully saturated rings. The molecule has 0 aliphatic carbocycles. The molecule has 0 aromatic heterocycles. The van der Waals surface area contributed by atoms with Crippen LogP contribution in [0.3, 0.4) is 0 Å². The second-order valence-electron chi connectivity index (χ2n) is 6.68. The average molecular weight is 404 g/mol. The van der Waals surface area contributed by atoms with Crippen LogP contribution in [0.15, 0.2) is 78.9 Å². The van der Waals surface area contributed by atoms with Gasteiger partial charge in [0, 0.05) is 6.42 Å². The summed E-state index contributed by atoms with van der Waals surface area (Å²) in [4.78, 5) is 24.1. The predicted molar refractivity (Wildman–Crippen MR) is 114 cm³/mol. The molecular weight excluding hydrogens is 380 g/mol. The van der Waals surface area contributed by atoms with Crippen LogP contribution >= 0.6 is 0 Å². The second-order valence-corrected chi connectivity index (χ2v) is 6.68. The standard InChI is InChI=1S/C24H24N2O4/c1-29-21-12-7-10-19(15-21)16-23(27)25-26-24(28)17-30-22-13-6-5-11-20(22)14-18-8-3-2-4-9-18/h2-13,15H,14,16-17H2,1H3,(H,25,27)(H,26,28). The van der Waals surface area contributed by atoms with Gasteiger partial charge in [0.1, 0.15) is 11.5 Å². The van der Waals surface area contributed by atoms with E-state index in [2.05, 4.69) is 10.9 Å². The van der Waals surface area contributed by atoms with Crippen molar-refractivity contribution in [1.82, 2.24) is 10.9 Å². The molecule has 0 saturated carbocycles. The van der Waals surface area contributed by atoms with Crippen LogP contribution in [0, 0.1) is 0 Å². The van der Waals surface area contributed by atoms with Gasteiger partial charge < -0.3 is 9.47 Å². The Morgan fingerprint density at radius 3 is 2.30 bits per heavy atom. The van der Waals surface area contributed by atoms with Crippen molar-refractivity contribution in [2.24, 2.45) is 0 Å². The minimum absolute atomic E-state index is 0.123. The maximum Gasteiger partial charge on any atom is 0.276 e. The number of methoxy groups -OCH3 is 1. The highest BCUT2D eigenvalue weighted by molar-refractivity contribution is 5.83. The molecule has 3 rings (SSSR count). The van der Waals surface area contributed by atoms with E-state index in [9.17, 15) is 9.59 Å². The average Bonchev–Trinajstić information content (AvgIpc) is 2.78. The smallest absolute Gasteiger partial charge is 0.276 e. The molecule has 0 atom stereocenters. The molecule has 30 heavy (non-hydrogen) atoms. The minimum Gasteiger partial charge on any atom is -0.497 e. The van der Waals surface area contributed by atoms with Gasteiger partial charge in [0.2, 0.25) is 5.91 Å². The zero-order valence-electron chi connectivity index (χ0n) is 16.8. The third kappa shape index (κ3) is 6.38. The van der Waals surface area contributed by atoms with Gasteiger partial charge in [-0.25, -0.2) is 0 Å². The van der Waals surface area contributed by atoms with Crippen LogP contribution in [-0.2, 0) is 22.4 Å². The summed E-state index contributed by atoms with van der Waals surface area (Å²) in [6, 6.07) is 24.8. The van der Waals surface area contributed by atoms with Crippen molar-refractivity contribution in [1.29, 1.82) is 0 Å². The fraction of sp³-hybridized carbons (Fsp3) is 0.167. The lowest BCUT2D eigenvalue weighted by molar-refractivity contribution is -0.129. The van der Waals surface area contributed by atoms with E-state index in [1.165, 1.54) is 0 Å². The number of carbonyl (C=O) groups excluding carboxylic acids is 2. The molecule has 3 aromatic rings. The van der Waals surface area contributed by atoms with E-state index in [0.29, 0.717) is 17.9 Å². The first kappa shape index (κ1) is 20.9. The van der Waals surface area contributed by atoms with Crippen molar-refractivity contribution < 1.29 is 19.1 Å². The molecule has 2 amide bonds. The summed E-state index contributed by atoms with van der Waals surface area (Å²) < 4.78 is 10.8. The molecule has 6 nitrogen and oxygen atoms in total. The Morgan fingerprint density at radius 2 is 1.50 bits per heavy atom. The van der Waals surface area contributed by atoms with Crippen LogP contribution in [0.1, 0.15) is 16.7 Å². The molecule has 2 N–H and O–H groups in total. The monoisotopic (exact) mass is 404 g/mol. The highest BCUT2D eigenvalue weighted by Gasteiger charge is 2.09. The van der Waals surface area contributed by atoms with Gasteiger partial charge in [0.05, 0.1) is 13.5 Å². The van der Waals surface area contributed by atoms with Crippen LogP contribution in [-0.4, -0.2) is 25.5 Å². The number of carbonyl (C=O) groups is 2. The molecule has 0 aliphatic heterocycles. The summed E-state index contributed by atoms with van der Waals surface area (Å²) >= 11 is 0. The van der Waals surface area contributed by atoms with E-state index >= 15 is 0 Å². The van der Waals surface area contributed by atoms with Crippen molar-refractivity contribution >= 4 is 11.8 Å². The van der Waals surface area contributed by atoms with Crippen LogP contribution in [0.25, 0.3) is 0 Å². The molecule has 0 saturated heterocycles. The molecule has 0 heterocycles. The third-order valence-corrected chi connectivity index (χ3v) is 4.41. The number of hydrogen-bond acceptors (Lipinski definition) is 4. The molecule has 0 spiro atoms. The number of nitrogens with one attached hydrogen (secondary N) is 2. The van der Waals surface area contributed by atoms with E-state index in [1.807, 2.05) is 60.7 Å². The number of para-hydroxylation sites is 1. The summed E-state index contributed by atoms with van der Waals surface area (Å²) in [5, 5.41) is 0. The molecule has 0 aliphatic rings. The van der Waals surface area contributed by atoms with Gasteiger partial charge in [-0.15, -0.1) is 0 Å². The second kappa shape index (κ2) is 10.7. The van der Waals surface area contributed by atoms with E-state index < -0.39 is 5.91 Å². The Kier molecular flexibility index (Phi) is 7.44. The summed E-state index contributed by atoms with van der Waals surface area (Å²) in [5.74, 6) is 0.538. The van der Waals surface area contributed by atoms with Crippen molar-refractivity contribution in [2.75, 3.05) is 13.7 Å². The van der Waals surface area contributed by atoms with E-state index in [0.717, 1.165) is 16.7 Å². The predicted octanol–water partition coefficient (Wildman–Crippen LogP) is 3.05. The number of amides is 2. The minimum atomic E-state index is -0.441. The largest absolute Gasteiger partial charge is 0.497 e. The number of ether oxygens (including phenoxy) is 2. The van der Waals surface area contributed by atoms with E-state index in [-0.39, 0.29) is 18.9 Å². The van der Waals surface area contributed by atoms with Crippen LogP contribution < -0.4 is 20.3 Å². The molecular formula is C24H24N2O4. The SMILES string of the molecule is COc1cccc(CC(=O)NNC(=O)COc2ccccc2Cc2ccccc2)c1. The van der Waals surface area contributed by atoms with E-state index in [4.69, 9.17) is 9.47 Å². The van der Waals surface area contributed by atoms with Crippen molar-refractivity contribution in [3.8, 4) is 11.5 Å². The summed E-state index contributed by atoms with van der Waals surface area (Å²) in [6.07, 6.45) is 0.828. The highest BCUT2D eigenvalue weighted by atomic mass is 16.5. The van der Waals surface area contributed by atoms with Gasteiger partial charge in [-0.05, 0) is 34.9 Å². The zero-order valence-corrected chi connectivity index (χ0v) is 16.8. The topological polar surface area (TPSA) is 76.7 Å². The van der Waals surface area contributed by atoms with Gasteiger partial charge in [0.15, 0.2) is 6.61 Å². The summed E-state index contributed by atoms with van der Waals surface area (Å²) in [6.45, 7) is -0.203. The highest BCUT2D eigenvalue weighted by Crippen LogP contribution is 2.21. The first-order chi connectivity index (χ1) is 14.6. The zero-order chi connectivity index (χ0) is 21.2. The number of hydrogen-bond donors (Lipinski definition) is 2. The van der Waals surface area contributed by atoms with Crippen LogP contribution in [0.5, 0.6) is 11.5 Å². The summed E-state index contributed by atoms with van der Waals surface area (Å²) in [7, 11) is 1.57. The number of benzene rings is 3. The molecule has 154 valence electrons. The number of rotatable bonds is 8. The molecule has 3 aromatic carbocycles. The van der Waals surface area contributed by atoms with Gasteiger partial charge >= 0.3 is 0 Å². The van der Waals surface area contributed by atoms with Crippen molar-refractivity contribution in [3.63, 3.8) is 0 Å². The van der Waals surface area contributed by atoms with Gasteiger partial charge in [-0.1, -0.05) is 60.7 Å². The van der Waals surface area contributed by atoms with E-state index in [1.54, 1.807) is 25.3 Å². The first-order valence-electron chi connectivity index (χ1n) is 9.59. The Morgan fingerprint density at radius 1 is 0.800 bits per heavy atom. The molecule has 6 heteroatoms. The first-order valence-corrected chi connectivity index (χ1v) is 9.59. The third-order valence-electron chi connectivity index (χ3n) is 4.41. The lowest BCUT2D eigenvalue weighted by Gasteiger charge is -2.12. The maximum absolute atomic E-state index is 12.1. The van der Waals surface area contributed by atoms with Crippen LogP contribution in [0.4, 0.5) is 0 Å². The van der Waals surface area contributed by atoms with Gasteiger partial charge in [0.25, 0.3) is 5.91 Å². The van der Waals surface area contributed by atoms with Gasteiger partial charge in [-0.3, -0.25) is 20.4 Å². The van der Waals surface area contributed by atoms with Crippen molar-refractivity contribution in [3.05, 3.63) is 95.6 Å². The maximum atomic E-state index is 12.1. The van der Waals surface area contributed by atoms with Gasteiger partial charge in [-0.2, -0.15) is 0 Å². The molecule has 0 radical (unpaired) electrons. The fourth-order valence-corrected chi connectivity index (χ4v) is 2.94. The molecule has 0 unspecified atom stereocenters. The Bertz CT molecular complexity index is 989. The number of hydrazine groups is 1. The molecule has 0 bridgehead atoms. The lowest BCUT2D eigenvalue weighted by atomic mass is 10.0. The Labute approximate surface area is 175 Å². The summed E-state index contributed by atoms with van der Waals surface area (Å²) in [5.41, 5.74) is 7.70. The van der Waals surface area contributed by atoms with Crippen molar-refractivity contribution in [2.45, 2.75) is 12.8 Å². The fourth-order valence-electron chi connectivity index (χ4n) is 2.94. The Balaban J connectivity index is 1.47. The van der Waals surface area contributed by atoms with Crippen LogP contribution in [0.2, 0.25) is 0 Å².